The number of aliphatic hydroxyl groups is 1. The molecular formula is C30H38N6O3. The third-order valence-electron chi connectivity index (χ3n) is 6.93. The van der Waals surface area contributed by atoms with Crippen LogP contribution in [0.1, 0.15) is 45.4 Å². The van der Waals surface area contributed by atoms with Gasteiger partial charge in [0.25, 0.3) is 0 Å². The van der Waals surface area contributed by atoms with Gasteiger partial charge in [-0.15, -0.1) is 0 Å². The minimum absolute atomic E-state index is 0.00566. The predicted octanol–water partition coefficient (Wildman–Crippen LogP) is 3.01. The summed E-state index contributed by atoms with van der Waals surface area (Å²) < 4.78 is 1.84. The summed E-state index contributed by atoms with van der Waals surface area (Å²) in [7, 11) is 0. The van der Waals surface area contributed by atoms with Crippen molar-refractivity contribution in [3.8, 4) is 5.69 Å². The molecule has 4 rings (SSSR count). The SMILES string of the molecule is CC(C)(O)NC(=O)/C(=C\c1ccccc1)CC(=O)CN1CCN(C(C)(C)c2ccn(-c3cccnc3)n2)CC1. The second kappa shape index (κ2) is 12.0. The minimum Gasteiger partial charge on any atom is -0.372 e. The Bertz CT molecular complexity index is 1290. The second-order valence-corrected chi connectivity index (χ2v) is 11.0. The van der Waals surface area contributed by atoms with Crippen LogP contribution in [0.4, 0.5) is 0 Å². The molecule has 1 aliphatic heterocycles. The van der Waals surface area contributed by atoms with Crippen molar-refractivity contribution in [2.45, 2.75) is 45.4 Å². The zero-order valence-corrected chi connectivity index (χ0v) is 23.2. The van der Waals surface area contributed by atoms with Crippen LogP contribution >= 0.6 is 0 Å². The van der Waals surface area contributed by atoms with E-state index in [-0.39, 0.29) is 24.3 Å². The lowest BCUT2D eigenvalue weighted by molar-refractivity contribution is -0.126. The maximum atomic E-state index is 13.1. The Balaban J connectivity index is 1.35. The molecule has 2 N–H and O–H groups in total. The molecule has 3 aromatic rings. The highest BCUT2D eigenvalue weighted by Gasteiger charge is 2.34. The molecule has 0 bridgehead atoms. The number of ketones is 1. The van der Waals surface area contributed by atoms with E-state index in [4.69, 9.17) is 5.10 Å². The highest BCUT2D eigenvalue weighted by atomic mass is 16.3. The van der Waals surface area contributed by atoms with Crippen LogP contribution < -0.4 is 5.32 Å². The molecule has 1 aliphatic rings. The number of nitrogens with one attached hydrogen (secondary N) is 1. The van der Waals surface area contributed by atoms with Gasteiger partial charge in [-0.2, -0.15) is 5.10 Å². The average Bonchev–Trinajstić information content (AvgIpc) is 3.40. The van der Waals surface area contributed by atoms with Crippen LogP contribution in [0.5, 0.6) is 0 Å². The van der Waals surface area contributed by atoms with Gasteiger partial charge < -0.3 is 10.4 Å². The first-order valence-electron chi connectivity index (χ1n) is 13.3. The van der Waals surface area contributed by atoms with E-state index in [9.17, 15) is 14.7 Å². The normalized spacial score (nSPS) is 15.8. The smallest absolute Gasteiger partial charge is 0.249 e. The van der Waals surface area contributed by atoms with Crippen LogP contribution in [-0.4, -0.2) is 79.8 Å². The Morgan fingerprint density at radius 2 is 1.72 bits per heavy atom. The van der Waals surface area contributed by atoms with Crippen molar-refractivity contribution in [3.63, 3.8) is 0 Å². The maximum absolute atomic E-state index is 13.1. The molecular weight excluding hydrogens is 492 g/mol. The van der Waals surface area contributed by atoms with E-state index in [1.54, 1.807) is 18.5 Å². The molecule has 0 unspecified atom stereocenters. The van der Waals surface area contributed by atoms with Gasteiger partial charge in [-0.05, 0) is 57.5 Å². The van der Waals surface area contributed by atoms with Crippen LogP contribution in [0.15, 0.2) is 72.7 Å². The number of carbonyl (C=O) groups excluding carboxylic acids is 2. The Hall–Kier alpha value is -3.66. The first-order valence-corrected chi connectivity index (χ1v) is 13.3. The summed E-state index contributed by atoms with van der Waals surface area (Å²) in [4.78, 5) is 34.6. The van der Waals surface area contributed by atoms with E-state index in [1.807, 2.05) is 59.4 Å². The molecule has 2 aromatic heterocycles. The van der Waals surface area contributed by atoms with Gasteiger partial charge in [0.15, 0.2) is 5.78 Å². The number of benzene rings is 1. The van der Waals surface area contributed by atoms with Gasteiger partial charge in [-0.3, -0.25) is 24.4 Å². The third-order valence-corrected chi connectivity index (χ3v) is 6.93. The van der Waals surface area contributed by atoms with Crippen molar-refractivity contribution in [2.24, 2.45) is 0 Å². The average molecular weight is 531 g/mol. The lowest BCUT2D eigenvalue weighted by atomic mass is 9.97. The second-order valence-electron chi connectivity index (χ2n) is 11.0. The van der Waals surface area contributed by atoms with Crippen molar-refractivity contribution >= 4 is 17.8 Å². The minimum atomic E-state index is -1.38. The lowest BCUT2D eigenvalue weighted by Crippen LogP contribution is -2.54. The largest absolute Gasteiger partial charge is 0.372 e. The van der Waals surface area contributed by atoms with Crippen molar-refractivity contribution in [1.29, 1.82) is 0 Å². The summed E-state index contributed by atoms with van der Waals surface area (Å²) in [5.41, 5.74) is 1.39. The lowest BCUT2D eigenvalue weighted by Gasteiger charge is -2.43. The zero-order chi connectivity index (χ0) is 28.0. The fourth-order valence-electron chi connectivity index (χ4n) is 4.73. The summed E-state index contributed by atoms with van der Waals surface area (Å²) in [6, 6.07) is 15.3. The van der Waals surface area contributed by atoms with Crippen molar-refractivity contribution in [3.05, 3.63) is 84.0 Å². The van der Waals surface area contributed by atoms with E-state index in [0.29, 0.717) is 5.57 Å². The van der Waals surface area contributed by atoms with Gasteiger partial charge in [0, 0.05) is 50.6 Å². The van der Waals surface area contributed by atoms with E-state index in [0.717, 1.165) is 43.1 Å². The van der Waals surface area contributed by atoms with E-state index < -0.39 is 11.6 Å². The Morgan fingerprint density at radius 1 is 1.00 bits per heavy atom. The third kappa shape index (κ3) is 7.69. The highest BCUT2D eigenvalue weighted by molar-refractivity contribution is 6.03. The molecule has 3 heterocycles. The molecule has 9 heteroatoms. The zero-order valence-electron chi connectivity index (χ0n) is 23.2. The molecule has 1 aromatic carbocycles. The number of hydrogen-bond donors (Lipinski definition) is 2. The van der Waals surface area contributed by atoms with Crippen LogP contribution in [0.25, 0.3) is 11.8 Å². The summed E-state index contributed by atoms with van der Waals surface area (Å²) in [5.74, 6) is -0.483. The topological polar surface area (TPSA) is 104 Å². The van der Waals surface area contributed by atoms with Crippen LogP contribution in [0, 0.1) is 0 Å². The van der Waals surface area contributed by atoms with Gasteiger partial charge in [-0.1, -0.05) is 30.3 Å². The maximum Gasteiger partial charge on any atom is 0.249 e. The Labute approximate surface area is 230 Å². The molecule has 9 nitrogen and oxygen atoms in total. The quantitative estimate of drug-likeness (QED) is 0.307. The Morgan fingerprint density at radius 3 is 2.36 bits per heavy atom. The van der Waals surface area contributed by atoms with E-state index in [2.05, 4.69) is 33.9 Å². The molecule has 0 spiro atoms. The number of nitrogens with zero attached hydrogens (tertiary/aromatic N) is 5. The summed E-state index contributed by atoms with van der Waals surface area (Å²) in [6.45, 7) is 10.7. The fourth-order valence-corrected chi connectivity index (χ4v) is 4.73. The summed E-state index contributed by atoms with van der Waals surface area (Å²) in [6.07, 6.45) is 7.19. The van der Waals surface area contributed by atoms with Crippen LogP contribution in [0.3, 0.4) is 0 Å². The van der Waals surface area contributed by atoms with Crippen molar-refractivity contribution < 1.29 is 14.7 Å². The van der Waals surface area contributed by atoms with Gasteiger partial charge in [0.2, 0.25) is 5.91 Å². The predicted molar refractivity (Wildman–Crippen MR) is 151 cm³/mol. The van der Waals surface area contributed by atoms with Crippen molar-refractivity contribution in [1.82, 2.24) is 29.9 Å². The van der Waals surface area contributed by atoms with Gasteiger partial charge >= 0.3 is 0 Å². The van der Waals surface area contributed by atoms with E-state index >= 15 is 0 Å². The molecule has 1 fully saturated rings. The molecule has 39 heavy (non-hydrogen) atoms. The number of carbonyl (C=O) groups is 2. The molecule has 0 saturated carbocycles. The van der Waals surface area contributed by atoms with Gasteiger partial charge in [-0.25, -0.2) is 4.68 Å². The molecule has 0 atom stereocenters. The number of rotatable bonds is 10. The first kappa shape index (κ1) is 28.4. The molecule has 0 aliphatic carbocycles. The number of pyridine rings is 1. The molecule has 0 radical (unpaired) electrons. The standard InChI is InChI=1S/C30H38N6O3/c1-29(2,27-12-14-36(33-27)25-11-8-13-31-21-25)35-17-15-34(16-18-35)22-26(37)20-24(28(38)32-30(3,4)39)19-23-9-6-5-7-10-23/h5-14,19,21,39H,15-18,20,22H2,1-4H3,(H,32,38)/b24-19-. The van der Waals surface area contributed by atoms with Crippen molar-refractivity contribution in [2.75, 3.05) is 32.7 Å². The Kier molecular flexibility index (Phi) is 8.74. The monoisotopic (exact) mass is 530 g/mol. The van der Waals surface area contributed by atoms with Gasteiger partial charge in [0.05, 0.1) is 29.7 Å². The number of Topliss-reactive ketones (excluding diaryl/α,β-unsaturated/α-hetero) is 1. The number of piperazine rings is 1. The van der Waals surface area contributed by atoms with Gasteiger partial charge in [0.1, 0.15) is 5.72 Å². The first-order chi connectivity index (χ1) is 18.5. The van der Waals surface area contributed by atoms with Crippen LogP contribution in [-0.2, 0) is 15.1 Å². The molecule has 1 saturated heterocycles. The number of hydrogen-bond acceptors (Lipinski definition) is 7. The summed E-state index contributed by atoms with van der Waals surface area (Å²) in [5, 5.41) is 17.4. The van der Waals surface area contributed by atoms with E-state index in [1.165, 1.54) is 13.8 Å². The number of amides is 1. The van der Waals surface area contributed by atoms with Crippen LogP contribution in [0.2, 0.25) is 0 Å². The number of aromatic nitrogens is 3. The molecule has 206 valence electrons. The molecule has 1 amide bonds. The highest BCUT2D eigenvalue weighted by Crippen LogP contribution is 2.28. The fraction of sp³-hybridized carbons (Fsp3) is 0.400. The summed E-state index contributed by atoms with van der Waals surface area (Å²) >= 11 is 0.